The number of pyridine rings is 1. The molecular weight excluding hydrogens is 256 g/mol. The van der Waals surface area contributed by atoms with Crippen LogP contribution in [-0.4, -0.2) is 24.0 Å². The highest BCUT2D eigenvalue weighted by molar-refractivity contribution is 5.82. The summed E-state index contributed by atoms with van der Waals surface area (Å²) >= 11 is 0. The predicted octanol–water partition coefficient (Wildman–Crippen LogP) is 0.347. The first-order valence-electron chi connectivity index (χ1n) is 5.75. The zero-order valence-electron chi connectivity index (χ0n) is 10.4. The Morgan fingerprint density at radius 2 is 2.21 bits per heavy atom. The van der Waals surface area contributed by atoms with E-state index in [0.717, 1.165) is 0 Å². The predicted molar refractivity (Wildman–Crippen MR) is 66.1 cm³/mol. The summed E-state index contributed by atoms with van der Waals surface area (Å²) in [4.78, 5) is 16.7. The SMILES string of the molecule is CC1(C(N)=O)CCN(c2nc(NN)c(F)cc2F)C1. The molecule has 1 aromatic heterocycles. The largest absolute Gasteiger partial charge is 0.369 e. The second-order valence-electron chi connectivity index (χ2n) is 4.87. The molecule has 0 spiro atoms. The van der Waals surface area contributed by atoms with E-state index in [4.69, 9.17) is 11.6 Å². The minimum atomic E-state index is -0.874. The first-order valence-corrected chi connectivity index (χ1v) is 5.75. The lowest BCUT2D eigenvalue weighted by Gasteiger charge is -2.22. The zero-order valence-corrected chi connectivity index (χ0v) is 10.4. The van der Waals surface area contributed by atoms with Crippen LogP contribution in [-0.2, 0) is 4.79 Å². The van der Waals surface area contributed by atoms with Gasteiger partial charge < -0.3 is 16.1 Å². The lowest BCUT2D eigenvalue weighted by Crippen LogP contribution is -2.37. The average molecular weight is 271 g/mol. The number of halogens is 2. The maximum atomic E-state index is 13.7. The Morgan fingerprint density at radius 1 is 1.53 bits per heavy atom. The molecule has 2 rings (SSSR count). The van der Waals surface area contributed by atoms with Gasteiger partial charge in [0.25, 0.3) is 0 Å². The topological polar surface area (TPSA) is 97.3 Å². The van der Waals surface area contributed by atoms with Crippen molar-refractivity contribution >= 4 is 17.5 Å². The molecule has 6 nitrogen and oxygen atoms in total. The molecule has 1 amide bonds. The molecular formula is C11H15F2N5O. The fourth-order valence-electron chi connectivity index (χ4n) is 2.12. The maximum Gasteiger partial charge on any atom is 0.225 e. The molecule has 1 fully saturated rings. The number of anilines is 2. The molecule has 1 atom stereocenters. The van der Waals surface area contributed by atoms with Crippen LogP contribution in [0.25, 0.3) is 0 Å². The Kier molecular flexibility index (Phi) is 3.27. The van der Waals surface area contributed by atoms with Gasteiger partial charge in [-0.15, -0.1) is 0 Å². The third-order valence-corrected chi connectivity index (χ3v) is 3.42. The molecule has 8 heteroatoms. The van der Waals surface area contributed by atoms with E-state index in [1.807, 2.05) is 0 Å². The Morgan fingerprint density at radius 3 is 2.74 bits per heavy atom. The van der Waals surface area contributed by atoms with Gasteiger partial charge in [-0.1, -0.05) is 0 Å². The average Bonchev–Trinajstić information content (AvgIpc) is 2.73. The number of hydrogen-bond acceptors (Lipinski definition) is 5. The highest BCUT2D eigenvalue weighted by atomic mass is 19.1. The summed E-state index contributed by atoms with van der Waals surface area (Å²) in [6.07, 6.45) is 0.492. The molecule has 2 heterocycles. The summed E-state index contributed by atoms with van der Waals surface area (Å²) in [6.45, 7) is 2.36. The maximum absolute atomic E-state index is 13.7. The smallest absolute Gasteiger partial charge is 0.225 e. The summed E-state index contributed by atoms with van der Waals surface area (Å²) < 4.78 is 27.0. The first kappa shape index (κ1) is 13.5. The van der Waals surface area contributed by atoms with Gasteiger partial charge in [-0.2, -0.15) is 0 Å². The molecule has 0 aliphatic carbocycles. The second-order valence-corrected chi connectivity index (χ2v) is 4.87. The van der Waals surface area contributed by atoms with Gasteiger partial charge in [0.05, 0.1) is 5.41 Å². The van der Waals surface area contributed by atoms with Gasteiger partial charge in [0.15, 0.2) is 23.3 Å². The number of nitrogens with two attached hydrogens (primary N) is 2. The molecule has 1 unspecified atom stereocenters. The monoisotopic (exact) mass is 271 g/mol. The van der Waals surface area contributed by atoms with Gasteiger partial charge in [-0.25, -0.2) is 19.6 Å². The molecule has 19 heavy (non-hydrogen) atoms. The molecule has 1 aromatic rings. The molecule has 1 aliphatic rings. The van der Waals surface area contributed by atoms with Gasteiger partial charge in [0, 0.05) is 19.2 Å². The lowest BCUT2D eigenvalue weighted by atomic mass is 9.89. The highest BCUT2D eigenvalue weighted by Crippen LogP contribution is 2.34. The van der Waals surface area contributed by atoms with Crippen molar-refractivity contribution in [3.8, 4) is 0 Å². The second kappa shape index (κ2) is 4.61. The van der Waals surface area contributed by atoms with Gasteiger partial charge >= 0.3 is 0 Å². The van der Waals surface area contributed by atoms with Crippen molar-refractivity contribution in [3.05, 3.63) is 17.7 Å². The number of amides is 1. The van der Waals surface area contributed by atoms with E-state index in [0.29, 0.717) is 19.0 Å². The quantitative estimate of drug-likeness (QED) is 0.544. The first-order chi connectivity index (χ1) is 8.87. The Hall–Kier alpha value is -1.96. The number of primary amides is 1. The lowest BCUT2D eigenvalue weighted by molar-refractivity contribution is -0.125. The van der Waals surface area contributed by atoms with Crippen molar-refractivity contribution in [3.63, 3.8) is 0 Å². The van der Waals surface area contributed by atoms with Gasteiger partial charge in [0.1, 0.15) is 0 Å². The van der Waals surface area contributed by atoms with Crippen LogP contribution in [0.2, 0.25) is 0 Å². The van der Waals surface area contributed by atoms with Gasteiger partial charge in [-0.3, -0.25) is 4.79 Å². The van der Waals surface area contributed by atoms with E-state index in [-0.39, 0.29) is 18.2 Å². The molecule has 1 aliphatic heterocycles. The van der Waals surface area contributed by atoms with Crippen LogP contribution in [0.3, 0.4) is 0 Å². The van der Waals surface area contributed by atoms with Crippen LogP contribution in [0.1, 0.15) is 13.3 Å². The van der Waals surface area contributed by atoms with E-state index in [2.05, 4.69) is 10.4 Å². The van der Waals surface area contributed by atoms with E-state index >= 15 is 0 Å². The molecule has 104 valence electrons. The van der Waals surface area contributed by atoms with Crippen LogP contribution in [0, 0.1) is 17.0 Å². The number of rotatable bonds is 3. The van der Waals surface area contributed by atoms with Crippen LogP contribution < -0.4 is 21.9 Å². The summed E-state index contributed by atoms with van der Waals surface area (Å²) in [7, 11) is 0. The van der Waals surface area contributed by atoms with Crippen molar-refractivity contribution in [1.29, 1.82) is 0 Å². The van der Waals surface area contributed by atoms with Crippen LogP contribution in [0.4, 0.5) is 20.4 Å². The Labute approximate surface area is 108 Å². The van der Waals surface area contributed by atoms with Gasteiger partial charge in [-0.05, 0) is 13.3 Å². The fourth-order valence-corrected chi connectivity index (χ4v) is 2.12. The number of nitrogen functional groups attached to an aromatic ring is 1. The summed E-state index contributed by atoms with van der Waals surface area (Å²) in [5.41, 5.74) is 6.64. The number of carbonyl (C=O) groups is 1. The summed E-state index contributed by atoms with van der Waals surface area (Å²) in [5.74, 6) is 2.69. The number of hydrazine groups is 1. The fraction of sp³-hybridized carbons (Fsp3) is 0.455. The molecule has 0 radical (unpaired) electrons. The minimum Gasteiger partial charge on any atom is -0.369 e. The Bertz CT molecular complexity index is 524. The van der Waals surface area contributed by atoms with E-state index in [1.165, 1.54) is 0 Å². The van der Waals surface area contributed by atoms with Crippen LogP contribution in [0.5, 0.6) is 0 Å². The molecule has 0 bridgehead atoms. The number of hydrogen-bond donors (Lipinski definition) is 3. The molecule has 0 saturated carbocycles. The zero-order chi connectivity index (χ0) is 14.2. The number of aromatic nitrogens is 1. The van der Waals surface area contributed by atoms with Crippen molar-refractivity contribution in [2.45, 2.75) is 13.3 Å². The minimum absolute atomic E-state index is 0.0423. The van der Waals surface area contributed by atoms with Crippen LogP contribution in [0.15, 0.2) is 6.07 Å². The molecule has 1 saturated heterocycles. The van der Waals surface area contributed by atoms with E-state index < -0.39 is 23.0 Å². The van der Waals surface area contributed by atoms with Crippen LogP contribution >= 0.6 is 0 Å². The van der Waals surface area contributed by atoms with Crippen molar-refractivity contribution < 1.29 is 13.6 Å². The van der Waals surface area contributed by atoms with Crippen molar-refractivity contribution in [2.75, 3.05) is 23.4 Å². The third kappa shape index (κ3) is 2.30. The van der Waals surface area contributed by atoms with E-state index in [9.17, 15) is 13.6 Å². The van der Waals surface area contributed by atoms with Crippen molar-refractivity contribution in [1.82, 2.24) is 4.98 Å². The Balaban J connectivity index is 2.32. The highest BCUT2D eigenvalue weighted by Gasteiger charge is 2.40. The standard InChI is InChI=1S/C11H15F2N5O/c1-11(10(14)19)2-3-18(5-11)9-7(13)4-6(12)8(16-9)17-15/h4H,2-3,5,15H2,1H3,(H2,14,19)(H,16,17). The van der Waals surface area contributed by atoms with Crippen molar-refractivity contribution in [2.24, 2.45) is 17.0 Å². The number of nitrogens with one attached hydrogen (secondary N) is 1. The number of nitrogens with zero attached hydrogens (tertiary/aromatic N) is 2. The third-order valence-electron chi connectivity index (χ3n) is 3.42. The normalized spacial score (nSPS) is 22.6. The number of carbonyl (C=O) groups excluding carboxylic acids is 1. The molecule has 5 N–H and O–H groups in total. The summed E-state index contributed by atoms with van der Waals surface area (Å²) in [6, 6.07) is 0.706. The summed E-state index contributed by atoms with van der Waals surface area (Å²) in [5, 5.41) is 0. The van der Waals surface area contributed by atoms with Gasteiger partial charge in [0.2, 0.25) is 5.91 Å². The van der Waals surface area contributed by atoms with E-state index in [1.54, 1.807) is 11.8 Å². The molecule has 0 aromatic carbocycles.